The third-order valence-corrected chi connectivity index (χ3v) is 6.90. The van der Waals surface area contributed by atoms with Gasteiger partial charge in [-0.2, -0.15) is 5.21 Å². The lowest BCUT2D eigenvalue weighted by Crippen LogP contribution is -2.29. The van der Waals surface area contributed by atoms with Gasteiger partial charge in [0.2, 0.25) is 0 Å². The molecule has 1 fully saturated rings. The summed E-state index contributed by atoms with van der Waals surface area (Å²) in [6, 6.07) is 13.3. The quantitative estimate of drug-likeness (QED) is 0.238. The average Bonchev–Trinajstić information content (AvgIpc) is 3.37. The van der Waals surface area contributed by atoms with E-state index in [2.05, 4.69) is 20.6 Å². The minimum Gasteiger partial charge on any atom is -0.293 e. The largest absolute Gasteiger partial charge is 0.293 e. The van der Waals surface area contributed by atoms with E-state index in [1.54, 1.807) is 11.0 Å². The average molecular weight is 504 g/mol. The lowest BCUT2D eigenvalue weighted by Gasteiger charge is -2.13. The number of H-pyrrole nitrogens is 1. The standard InChI is InChI=1S/C22H19Cl2N5OS2/c23-16-8-9-17(18(24)13-16)15-6-4-5-14(11-15)12-19-21(30)29(22(31)32-19)10-3-1-2-7-20-25-27-28-26-20/h4-6,8-9,11-13H,1-3,7,10H2,(H,25,26,27,28). The Labute approximate surface area is 205 Å². The van der Waals surface area contributed by atoms with E-state index >= 15 is 0 Å². The number of carbonyl (C=O) groups excluding carboxylic acids is 1. The summed E-state index contributed by atoms with van der Waals surface area (Å²) in [5.41, 5.74) is 2.76. The second-order valence-corrected chi connectivity index (χ2v) is 9.74. The minimum absolute atomic E-state index is 0.0481. The number of nitrogens with zero attached hydrogens (tertiary/aromatic N) is 4. The number of unbranched alkanes of at least 4 members (excludes halogenated alkanes) is 2. The van der Waals surface area contributed by atoms with Crippen LogP contribution in [0, 0.1) is 0 Å². The molecule has 1 N–H and O–H groups in total. The number of rotatable bonds is 8. The Morgan fingerprint density at radius 3 is 2.78 bits per heavy atom. The molecule has 0 unspecified atom stereocenters. The van der Waals surface area contributed by atoms with Crippen LogP contribution in [0.25, 0.3) is 17.2 Å². The van der Waals surface area contributed by atoms with E-state index in [1.165, 1.54) is 11.8 Å². The highest BCUT2D eigenvalue weighted by Gasteiger charge is 2.31. The molecule has 0 radical (unpaired) electrons. The molecule has 1 aliphatic rings. The van der Waals surface area contributed by atoms with Gasteiger partial charge in [-0.1, -0.05) is 83.1 Å². The van der Waals surface area contributed by atoms with Gasteiger partial charge in [-0.15, -0.1) is 10.2 Å². The van der Waals surface area contributed by atoms with Gasteiger partial charge in [-0.3, -0.25) is 9.69 Å². The zero-order valence-electron chi connectivity index (χ0n) is 16.9. The summed E-state index contributed by atoms with van der Waals surface area (Å²) in [5, 5.41) is 15.1. The molecule has 6 nitrogen and oxygen atoms in total. The lowest BCUT2D eigenvalue weighted by atomic mass is 10.0. The number of hydrogen-bond acceptors (Lipinski definition) is 6. The molecule has 32 heavy (non-hydrogen) atoms. The Bertz CT molecular complexity index is 1170. The lowest BCUT2D eigenvalue weighted by molar-refractivity contribution is -0.122. The number of nitrogens with one attached hydrogen (secondary N) is 1. The molecule has 0 aliphatic carbocycles. The van der Waals surface area contributed by atoms with Gasteiger partial charge in [0.15, 0.2) is 5.82 Å². The van der Waals surface area contributed by atoms with Crippen LogP contribution < -0.4 is 0 Å². The summed E-state index contributed by atoms with van der Waals surface area (Å²) in [4.78, 5) is 15.2. The number of aryl methyl sites for hydroxylation is 1. The van der Waals surface area contributed by atoms with Crippen molar-refractivity contribution < 1.29 is 4.79 Å². The SMILES string of the molecule is O=C1C(=Cc2cccc(-c3ccc(Cl)cc3Cl)c2)SC(=S)N1CCCCCc1nn[nH]n1. The maximum absolute atomic E-state index is 12.9. The van der Waals surface area contributed by atoms with Gasteiger partial charge in [0, 0.05) is 28.6 Å². The summed E-state index contributed by atoms with van der Waals surface area (Å²) in [7, 11) is 0. The Morgan fingerprint density at radius 2 is 2.00 bits per heavy atom. The first-order valence-electron chi connectivity index (χ1n) is 10.0. The van der Waals surface area contributed by atoms with Crippen molar-refractivity contribution in [1.82, 2.24) is 25.5 Å². The van der Waals surface area contributed by atoms with E-state index < -0.39 is 0 Å². The van der Waals surface area contributed by atoms with Crippen LogP contribution in [0.2, 0.25) is 10.0 Å². The fraction of sp³-hybridized carbons (Fsp3) is 0.227. The van der Waals surface area contributed by atoms with Gasteiger partial charge >= 0.3 is 0 Å². The molecular weight excluding hydrogens is 485 g/mol. The Hall–Kier alpha value is -2.26. The minimum atomic E-state index is -0.0481. The van der Waals surface area contributed by atoms with Gasteiger partial charge in [-0.05, 0) is 48.2 Å². The summed E-state index contributed by atoms with van der Waals surface area (Å²) in [6.45, 7) is 0.606. The molecule has 1 saturated heterocycles. The first-order chi connectivity index (χ1) is 15.5. The molecular formula is C22H19Cl2N5OS2. The number of thioether (sulfide) groups is 1. The normalized spacial score (nSPS) is 15.2. The van der Waals surface area contributed by atoms with Gasteiger partial charge in [-0.25, -0.2) is 0 Å². The zero-order valence-corrected chi connectivity index (χ0v) is 20.1. The van der Waals surface area contributed by atoms with Crippen LogP contribution in [0.5, 0.6) is 0 Å². The highest BCUT2D eigenvalue weighted by Crippen LogP contribution is 2.34. The van der Waals surface area contributed by atoms with Crippen molar-refractivity contribution in [3.63, 3.8) is 0 Å². The van der Waals surface area contributed by atoms with Crippen molar-refractivity contribution in [2.75, 3.05) is 6.54 Å². The molecule has 1 aliphatic heterocycles. The van der Waals surface area contributed by atoms with Crippen molar-refractivity contribution in [2.45, 2.75) is 25.7 Å². The number of thiocarbonyl (C=S) groups is 1. The number of tetrazole rings is 1. The number of hydrogen-bond donors (Lipinski definition) is 1. The van der Waals surface area contributed by atoms with Crippen LogP contribution in [-0.2, 0) is 11.2 Å². The molecule has 0 saturated carbocycles. The zero-order chi connectivity index (χ0) is 22.5. The number of halogens is 2. The predicted octanol–water partition coefficient (Wildman–Crippen LogP) is 5.79. The third-order valence-electron chi connectivity index (χ3n) is 4.97. The molecule has 2 heterocycles. The van der Waals surface area contributed by atoms with E-state index in [4.69, 9.17) is 35.4 Å². The van der Waals surface area contributed by atoms with E-state index in [0.29, 0.717) is 31.6 Å². The van der Waals surface area contributed by atoms with Crippen molar-refractivity contribution in [2.24, 2.45) is 0 Å². The maximum atomic E-state index is 12.9. The molecule has 0 spiro atoms. The van der Waals surface area contributed by atoms with Crippen molar-refractivity contribution in [1.29, 1.82) is 0 Å². The highest BCUT2D eigenvalue weighted by molar-refractivity contribution is 8.26. The van der Waals surface area contributed by atoms with Crippen LogP contribution in [0.1, 0.15) is 30.7 Å². The number of benzene rings is 2. The number of aromatic amines is 1. The van der Waals surface area contributed by atoms with E-state index in [9.17, 15) is 4.79 Å². The number of amides is 1. The second kappa shape index (κ2) is 10.6. The van der Waals surface area contributed by atoms with Crippen LogP contribution in [0.15, 0.2) is 47.4 Å². The van der Waals surface area contributed by atoms with Gasteiger partial charge < -0.3 is 0 Å². The molecule has 2 aromatic carbocycles. The predicted molar refractivity (Wildman–Crippen MR) is 134 cm³/mol. The maximum Gasteiger partial charge on any atom is 0.266 e. The van der Waals surface area contributed by atoms with Crippen LogP contribution in [0.4, 0.5) is 0 Å². The molecule has 164 valence electrons. The molecule has 1 aromatic heterocycles. The second-order valence-electron chi connectivity index (χ2n) is 7.22. The molecule has 0 bridgehead atoms. The fourth-order valence-corrected chi connectivity index (χ4v) is 5.21. The Balaban J connectivity index is 1.39. The number of carbonyl (C=O) groups is 1. The van der Waals surface area contributed by atoms with Crippen LogP contribution in [-0.4, -0.2) is 42.3 Å². The molecule has 10 heteroatoms. The van der Waals surface area contributed by atoms with E-state index in [1.807, 2.05) is 42.5 Å². The van der Waals surface area contributed by atoms with Gasteiger partial charge in [0.1, 0.15) is 4.32 Å². The van der Waals surface area contributed by atoms with Crippen molar-refractivity contribution in [3.05, 3.63) is 68.8 Å². The molecule has 0 atom stereocenters. The van der Waals surface area contributed by atoms with Crippen molar-refractivity contribution >= 4 is 63.5 Å². The van der Waals surface area contributed by atoms with Crippen LogP contribution >= 0.6 is 47.2 Å². The summed E-state index contributed by atoms with van der Waals surface area (Å²) in [6.07, 6.45) is 5.40. The summed E-state index contributed by atoms with van der Waals surface area (Å²) >= 11 is 19.2. The Morgan fingerprint density at radius 1 is 1.12 bits per heavy atom. The molecule has 4 rings (SSSR count). The molecule has 3 aromatic rings. The topological polar surface area (TPSA) is 74.8 Å². The third kappa shape index (κ3) is 5.56. The van der Waals surface area contributed by atoms with E-state index in [0.717, 1.165) is 42.4 Å². The first kappa shape index (κ1) is 22.9. The summed E-state index contributed by atoms with van der Waals surface area (Å²) < 4.78 is 0.594. The first-order valence-corrected chi connectivity index (χ1v) is 12.0. The van der Waals surface area contributed by atoms with Crippen molar-refractivity contribution in [3.8, 4) is 11.1 Å². The van der Waals surface area contributed by atoms with Crippen LogP contribution in [0.3, 0.4) is 0 Å². The highest BCUT2D eigenvalue weighted by atomic mass is 35.5. The smallest absolute Gasteiger partial charge is 0.266 e. The Kier molecular flexibility index (Phi) is 7.57. The summed E-state index contributed by atoms with van der Waals surface area (Å²) in [5.74, 6) is 0.661. The monoisotopic (exact) mass is 503 g/mol. The van der Waals surface area contributed by atoms with E-state index in [-0.39, 0.29) is 5.91 Å². The molecule has 1 amide bonds. The fourth-order valence-electron chi connectivity index (χ4n) is 3.38. The van der Waals surface area contributed by atoms with Gasteiger partial charge in [0.25, 0.3) is 5.91 Å². The van der Waals surface area contributed by atoms with Gasteiger partial charge in [0.05, 0.1) is 4.91 Å². The number of aromatic nitrogens is 4.